The third kappa shape index (κ3) is 3.93. The minimum Gasteiger partial charge on any atom is -0.384 e. The molecular weight excluding hydrogens is 290 g/mol. The summed E-state index contributed by atoms with van der Waals surface area (Å²) in [5.41, 5.74) is 6.68. The molecule has 1 amide bonds. The minimum absolute atomic E-state index is 0.00539. The zero-order chi connectivity index (χ0) is 15.8. The summed E-state index contributed by atoms with van der Waals surface area (Å²) in [5.74, 6) is 0.109. The third-order valence-electron chi connectivity index (χ3n) is 3.44. The first-order valence-electron chi connectivity index (χ1n) is 6.86. The molecule has 0 spiro atoms. The highest BCUT2D eigenvalue weighted by Crippen LogP contribution is 2.22. The van der Waals surface area contributed by atoms with Gasteiger partial charge in [-0.25, -0.2) is 13.4 Å². The molecule has 1 aromatic rings. The number of rotatable bonds is 2. The fourth-order valence-corrected chi connectivity index (χ4v) is 3.92. The molecule has 1 aliphatic heterocycles. The lowest BCUT2D eigenvalue weighted by Crippen LogP contribution is -2.35. The highest BCUT2D eigenvalue weighted by Gasteiger charge is 2.29. The van der Waals surface area contributed by atoms with E-state index in [1.165, 1.54) is 6.07 Å². The average molecular weight is 311 g/mol. The summed E-state index contributed by atoms with van der Waals surface area (Å²) in [6.45, 7) is 5.96. The highest BCUT2D eigenvalue weighted by atomic mass is 32.2. The van der Waals surface area contributed by atoms with Crippen molar-refractivity contribution < 1.29 is 13.2 Å². The molecule has 1 fully saturated rings. The Morgan fingerprint density at radius 2 is 2.05 bits per heavy atom. The molecule has 0 aromatic carbocycles. The van der Waals surface area contributed by atoms with E-state index in [0.29, 0.717) is 12.0 Å². The van der Waals surface area contributed by atoms with Crippen molar-refractivity contribution in [3.63, 3.8) is 0 Å². The van der Waals surface area contributed by atoms with Crippen LogP contribution in [0.15, 0.2) is 12.1 Å². The Hall–Kier alpha value is -1.63. The van der Waals surface area contributed by atoms with Crippen molar-refractivity contribution in [1.29, 1.82) is 0 Å². The lowest BCUT2D eigenvalue weighted by atomic mass is 9.90. The number of pyridine rings is 1. The number of hydrogen-bond acceptors (Lipinski definition) is 5. The summed E-state index contributed by atoms with van der Waals surface area (Å²) >= 11 is 0. The predicted molar refractivity (Wildman–Crippen MR) is 81.9 cm³/mol. The second kappa shape index (κ2) is 5.29. The Labute approximate surface area is 125 Å². The molecule has 116 valence electrons. The number of aromatic nitrogens is 1. The molecular formula is C14H21N3O3S. The Balaban J connectivity index is 2.18. The Bertz CT molecular complexity index is 663. The number of nitrogens with zero attached hydrogens (tertiary/aromatic N) is 1. The molecule has 7 heteroatoms. The molecule has 2 rings (SSSR count). The molecule has 0 aliphatic carbocycles. The largest absolute Gasteiger partial charge is 0.384 e. The van der Waals surface area contributed by atoms with Gasteiger partial charge < -0.3 is 11.1 Å². The molecule has 0 radical (unpaired) electrons. The van der Waals surface area contributed by atoms with Gasteiger partial charge in [-0.1, -0.05) is 20.8 Å². The van der Waals surface area contributed by atoms with Crippen LogP contribution < -0.4 is 11.1 Å². The van der Waals surface area contributed by atoms with Crippen molar-refractivity contribution in [3.05, 3.63) is 23.4 Å². The molecule has 0 bridgehead atoms. The van der Waals surface area contributed by atoms with Gasteiger partial charge in [-0.05, 0) is 18.6 Å². The van der Waals surface area contributed by atoms with Crippen LogP contribution in [0.1, 0.15) is 43.2 Å². The van der Waals surface area contributed by atoms with Gasteiger partial charge in [0.25, 0.3) is 5.91 Å². The van der Waals surface area contributed by atoms with Gasteiger partial charge in [-0.15, -0.1) is 0 Å². The van der Waals surface area contributed by atoms with Crippen molar-refractivity contribution >= 4 is 21.6 Å². The van der Waals surface area contributed by atoms with Crippen LogP contribution in [0, 0.1) is 0 Å². The molecule has 1 saturated heterocycles. The SMILES string of the molecule is CC(C)(C)c1cc(C(=O)NC2CCS(=O)(=O)C2)cc(N)n1. The topological polar surface area (TPSA) is 102 Å². The highest BCUT2D eigenvalue weighted by molar-refractivity contribution is 7.91. The van der Waals surface area contributed by atoms with E-state index in [2.05, 4.69) is 10.3 Å². The Kier molecular flexibility index (Phi) is 3.97. The summed E-state index contributed by atoms with van der Waals surface area (Å²) in [4.78, 5) is 16.5. The first-order chi connectivity index (χ1) is 9.57. The summed E-state index contributed by atoms with van der Waals surface area (Å²) in [6.07, 6.45) is 0.459. The number of amides is 1. The fourth-order valence-electron chi connectivity index (χ4n) is 2.24. The second-order valence-electron chi connectivity index (χ2n) is 6.49. The summed E-state index contributed by atoms with van der Waals surface area (Å²) < 4.78 is 22.8. The van der Waals surface area contributed by atoms with E-state index in [-0.39, 0.29) is 34.7 Å². The van der Waals surface area contributed by atoms with Crippen LogP contribution in [0.25, 0.3) is 0 Å². The predicted octanol–water partition coefficient (Wildman–Crippen LogP) is 0.878. The molecule has 1 aliphatic rings. The maximum Gasteiger partial charge on any atom is 0.251 e. The first kappa shape index (κ1) is 15.8. The number of nitrogens with one attached hydrogen (secondary N) is 1. The first-order valence-corrected chi connectivity index (χ1v) is 8.68. The number of anilines is 1. The van der Waals surface area contributed by atoms with Crippen LogP contribution in [-0.4, -0.2) is 36.9 Å². The quantitative estimate of drug-likeness (QED) is 0.844. The zero-order valence-electron chi connectivity index (χ0n) is 12.5. The number of nitrogen functional groups attached to an aromatic ring is 1. The number of nitrogens with two attached hydrogens (primary N) is 1. The Morgan fingerprint density at radius 1 is 1.38 bits per heavy atom. The van der Waals surface area contributed by atoms with Gasteiger partial charge in [0.05, 0.1) is 11.5 Å². The number of carbonyl (C=O) groups is 1. The minimum atomic E-state index is -3.01. The van der Waals surface area contributed by atoms with E-state index in [1.807, 2.05) is 20.8 Å². The summed E-state index contributed by atoms with van der Waals surface area (Å²) in [5, 5.41) is 2.76. The lowest BCUT2D eigenvalue weighted by molar-refractivity contribution is 0.0941. The van der Waals surface area contributed by atoms with Crippen molar-refractivity contribution in [2.75, 3.05) is 17.2 Å². The normalized spacial score (nSPS) is 21.2. The zero-order valence-corrected chi connectivity index (χ0v) is 13.3. The van der Waals surface area contributed by atoms with E-state index >= 15 is 0 Å². The van der Waals surface area contributed by atoms with E-state index in [1.54, 1.807) is 6.07 Å². The van der Waals surface area contributed by atoms with E-state index < -0.39 is 9.84 Å². The monoisotopic (exact) mass is 311 g/mol. The molecule has 3 N–H and O–H groups in total. The van der Waals surface area contributed by atoms with E-state index in [0.717, 1.165) is 5.69 Å². The van der Waals surface area contributed by atoms with Crippen molar-refractivity contribution in [3.8, 4) is 0 Å². The molecule has 1 unspecified atom stereocenters. The van der Waals surface area contributed by atoms with Gasteiger partial charge in [0.2, 0.25) is 0 Å². The number of sulfone groups is 1. The molecule has 1 atom stereocenters. The number of carbonyl (C=O) groups excluding carboxylic acids is 1. The smallest absolute Gasteiger partial charge is 0.251 e. The van der Waals surface area contributed by atoms with Crippen LogP contribution in [-0.2, 0) is 15.3 Å². The number of hydrogen-bond donors (Lipinski definition) is 2. The van der Waals surface area contributed by atoms with Gasteiger partial charge in [0.15, 0.2) is 9.84 Å². The van der Waals surface area contributed by atoms with Crippen LogP contribution in [0.4, 0.5) is 5.82 Å². The molecule has 0 saturated carbocycles. The van der Waals surface area contributed by atoms with Gasteiger partial charge in [0, 0.05) is 22.7 Å². The van der Waals surface area contributed by atoms with Crippen LogP contribution in [0.5, 0.6) is 0 Å². The van der Waals surface area contributed by atoms with Gasteiger partial charge in [-0.2, -0.15) is 0 Å². The second-order valence-corrected chi connectivity index (χ2v) is 8.72. The van der Waals surface area contributed by atoms with E-state index in [4.69, 9.17) is 5.73 Å². The van der Waals surface area contributed by atoms with Gasteiger partial charge in [0.1, 0.15) is 5.82 Å². The molecule has 21 heavy (non-hydrogen) atoms. The maximum atomic E-state index is 12.3. The summed E-state index contributed by atoms with van der Waals surface area (Å²) in [6, 6.07) is 2.89. The Morgan fingerprint density at radius 3 is 2.57 bits per heavy atom. The molecule has 1 aromatic heterocycles. The fraction of sp³-hybridized carbons (Fsp3) is 0.571. The van der Waals surface area contributed by atoms with Gasteiger partial charge >= 0.3 is 0 Å². The maximum absolute atomic E-state index is 12.3. The summed E-state index contributed by atoms with van der Waals surface area (Å²) in [7, 11) is -3.01. The van der Waals surface area contributed by atoms with Crippen LogP contribution in [0.3, 0.4) is 0 Å². The molecule has 2 heterocycles. The van der Waals surface area contributed by atoms with E-state index in [9.17, 15) is 13.2 Å². The average Bonchev–Trinajstić information content (AvgIpc) is 2.66. The van der Waals surface area contributed by atoms with Crippen LogP contribution in [0.2, 0.25) is 0 Å². The standard InChI is InChI=1S/C14H21N3O3S/c1-14(2,3)11-6-9(7-12(15)17-11)13(18)16-10-4-5-21(19,20)8-10/h6-7,10H,4-5,8H2,1-3H3,(H2,15,17)(H,16,18). The lowest BCUT2D eigenvalue weighted by Gasteiger charge is -2.19. The van der Waals surface area contributed by atoms with Crippen LogP contribution >= 0.6 is 0 Å². The van der Waals surface area contributed by atoms with Gasteiger partial charge in [-0.3, -0.25) is 4.79 Å². The van der Waals surface area contributed by atoms with Crippen molar-refractivity contribution in [2.24, 2.45) is 0 Å². The van der Waals surface area contributed by atoms with Crippen molar-refractivity contribution in [2.45, 2.75) is 38.6 Å². The third-order valence-corrected chi connectivity index (χ3v) is 5.21. The van der Waals surface area contributed by atoms with Crippen molar-refractivity contribution in [1.82, 2.24) is 10.3 Å². The molecule has 6 nitrogen and oxygen atoms in total.